The largest absolute Gasteiger partial charge is 0.399 e. The Labute approximate surface area is 137 Å². The van der Waals surface area contributed by atoms with Crippen molar-refractivity contribution in [1.29, 1.82) is 0 Å². The average molecular weight is 320 g/mol. The molecular weight excluding hydrogens is 298 g/mol. The van der Waals surface area contributed by atoms with Crippen LogP contribution in [0.25, 0.3) is 0 Å². The van der Waals surface area contributed by atoms with Crippen molar-refractivity contribution in [2.75, 3.05) is 19.3 Å². The Morgan fingerprint density at radius 3 is 2.55 bits per heavy atom. The minimum absolute atomic E-state index is 0. The number of anilines is 1. The molecule has 1 amide bonds. The van der Waals surface area contributed by atoms with Crippen molar-refractivity contribution in [1.82, 2.24) is 9.88 Å². The summed E-state index contributed by atoms with van der Waals surface area (Å²) >= 11 is 0. The van der Waals surface area contributed by atoms with Crippen LogP contribution in [0.3, 0.4) is 0 Å². The molecule has 1 heterocycles. The topological polar surface area (TPSA) is 59.2 Å². The maximum Gasteiger partial charge on any atom is 0.222 e. The highest BCUT2D eigenvalue weighted by Crippen LogP contribution is 2.13. The lowest BCUT2D eigenvalue weighted by atomic mass is 10.1. The molecule has 0 atom stereocenters. The number of pyridine rings is 1. The molecule has 2 aromatic rings. The predicted octanol–water partition coefficient (Wildman–Crippen LogP) is 2.72. The van der Waals surface area contributed by atoms with Gasteiger partial charge in [-0.15, -0.1) is 12.4 Å². The second-order valence-corrected chi connectivity index (χ2v) is 5.09. The summed E-state index contributed by atoms with van der Waals surface area (Å²) < 4.78 is 0. The number of aryl methyl sites for hydroxylation is 1. The van der Waals surface area contributed by atoms with Crippen molar-refractivity contribution in [2.24, 2.45) is 0 Å². The van der Waals surface area contributed by atoms with Crippen LogP contribution in [0.4, 0.5) is 5.69 Å². The molecular formula is C17H22ClN3O. The second kappa shape index (κ2) is 9.05. The van der Waals surface area contributed by atoms with E-state index in [1.165, 1.54) is 0 Å². The van der Waals surface area contributed by atoms with Crippen LogP contribution in [-0.2, 0) is 17.6 Å². The lowest BCUT2D eigenvalue weighted by molar-refractivity contribution is -0.129. The van der Waals surface area contributed by atoms with Gasteiger partial charge in [0.15, 0.2) is 0 Å². The number of carbonyl (C=O) groups excluding carboxylic acids is 1. The van der Waals surface area contributed by atoms with Gasteiger partial charge in [-0.05, 0) is 30.2 Å². The van der Waals surface area contributed by atoms with Crippen molar-refractivity contribution >= 4 is 24.0 Å². The summed E-state index contributed by atoms with van der Waals surface area (Å²) in [6.07, 6.45) is 3.71. The zero-order valence-electron chi connectivity index (χ0n) is 12.7. The van der Waals surface area contributed by atoms with Crippen LogP contribution in [0.1, 0.15) is 17.7 Å². The van der Waals surface area contributed by atoms with Gasteiger partial charge in [0.1, 0.15) is 0 Å². The van der Waals surface area contributed by atoms with E-state index >= 15 is 0 Å². The third-order valence-corrected chi connectivity index (χ3v) is 3.52. The predicted molar refractivity (Wildman–Crippen MR) is 92.0 cm³/mol. The Morgan fingerprint density at radius 1 is 1.14 bits per heavy atom. The third kappa shape index (κ3) is 5.37. The first-order valence-corrected chi connectivity index (χ1v) is 7.14. The van der Waals surface area contributed by atoms with Crippen LogP contribution in [-0.4, -0.2) is 29.4 Å². The Kier molecular flexibility index (Phi) is 7.40. The van der Waals surface area contributed by atoms with Crippen molar-refractivity contribution in [3.05, 3.63) is 59.9 Å². The molecule has 0 fully saturated rings. The number of para-hydroxylation sites is 1. The molecule has 0 saturated carbocycles. The molecule has 0 aliphatic carbocycles. The summed E-state index contributed by atoms with van der Waals surface area (Å²) in [5, 5.41) is 0. The zero-order valence-corrected chi connectivity index (χ0v) is 13.6. The maximum absolute atomic E-state index is 12.1. The number of hydrogen-bond donors (Lipinski definition) is 1. The number of nitrogens with zero attached hydrogens (tertiary/aromatic N) is 2. The molecule has 0 radical (unpaired) electrons. The highest BCUT2D eigenvalue weighted by molar-refractivity contribution is 5.85. The normalized spacial score (nSPS) is 9.86. The molecule has 2 rings (SSSR count). The molecule has 22 heavy (non-hydrogen) atoms. The van der Waals surface area contributed by atoms with Gasteiger partial charge < -0.3 is 10.6 Å². The van der Waals surface area contributed by atoms with Crippen LogP contribution in [0.15, 0.2) is 48.7 Å². The number of likely N-dealkylation sites (N-methyl/N-ethyl adjacent to an activating group) is 1. The van der Waals surface area contributed by atoms with E-state index in [0.29, 0.717) is 19.4 Å². The highest BCUT2D eigenvalue weighted by atomic mass is 35.5. The minimum atomic E-state index is 0. The van der Waals surface area contributed by atoms with E-state index in [2.05, 4.69) is 4.98 Å². The number of amides is 1. The molecule has 0 spiro atoms. The summed E-state index contributed by atoms with van der Waals surface area (Å²) in [7, 11) is 1.83. The van der Waals surface area contributed by atoms with Gasteiger partial charge in [0, 0.05) is 44.0 Å². The summed E-state index contributed by atoms with van der Waals surface area (Å²) in [4.78, 5) is 18.1. The number of hydrogen-bond acceptors (Lipinski definition) is 3. The number of aromatic nitrogens is 1. The zero-order chi connectivity index (χ0) is 15.1. The SMILES string of the molecule is CN(CCc1ccccn1)C(=O)CCc1ccccc1N.Cl. The number of nitrogen functional groups attached to an aromatic ring is 1. The van der Waals surface area contributed by atoms with Gasteiger partial charge >= 0.3 is 0 Å². The number of carbonyl (C=O) groups is 1. The second-order valence-electron chi connectivity index (χ2n) is 5.09. The van der Waals surface area contributed by atoms with Crippen molar-refractivity contribution < 1.29 is 4.79 Å². The van der Waals surface area contributed by atoms with E-state index in [9.17, 15) is 4.79 Å². The van der Waals surface area contributed by atoms with Gasteiger partial charge in [-0.3, -0.25) is 9.78 Å². The molecule has 1 aromatic heterocycles. The van der Waals surface area contributed by atoms with Crippen LogP contribution >= 0.6 is 12.4 Å². The van der Waals surface area contributed by atoms with E-state index in [0.717, 1.165) is 23.4 Å². The fraction of sp³-hybridized carbons (Fsp3) is 0.294. The number of nitrogens with two attached hydrogens (primary N) is 1. The van der Waals surface area contributed by atoms with Crippen molar-refractivity contribution in [3.63, 3.8) is 0 Å². The van der Waals surface area contributed by atoms with Gasteiger partial charge in [-0.25, -0.2) is 0 Å². The third-order valence-electron chi connectivity index (χ3n) is 3.52. The first kappa shape index (κ1) is 18.0. The molecule has 0 bridgehead atoms. The van der Waals surface area contributed by atoms with Gasteiger partial charge in [-0.1, -0.05) is 24.3 Å². The Hall–Kier alpha value is -2.07. The van der Waals surface area contributed by atoms with E-state index in [4.69, 9.17) is 5.73 Å². The minimum Gasteiger partial charge on any atom is -0.399 e. The molecule has 1 aromatic carbocycles. The first-order valence-electron chi connectivity index (χ1n) is 7.14. The number of halogens is 1. The number of benzene rings is 1. The van der Waals surface area contributed by atoms with E-state index in [-0.39, 0.29) is 18.3 Å². The smallest absolute Gasteiger partial charge is 0.222 e. The van der Waals surface area contributed by atoms with Crippen LogP contribution in [0.5, 0.6) is 0 Å². The van der Waals surface area contributed by atoms with E-state index < -0.39 is 0 Å². The fourth-order valence-electron chi connectivity index (χ4n) is 2.15. The first-order chi connectivity index (χ1) is 10.2. The molecule has 0 saturated heterocycles. The quantitative estimate of drug-likeness (QED) is 0.833. The van der Waals surface area contributed by atoms with Gasteiger partial charge in [-0.2, -0.15) is 0 Å². The standard InChI is InChI=1S/C17H21N3O.ClH/c1-20(13-11-15-7-4-5-12-19-15)17(21)10-9-14-6-2-3-8-16(14)18;/h2-8,12H,9-11,13,18H2,1H3;1H. The summed E-state index contributed by atoms with van der Waals surface area (Å²) in [6, 6.07) is 13.5. The summed E-state index contributed by atoms with van der Waals surface area (Å²) in [6.45, 7) is 0.681. The lowest BCUT2D eigenvalue weighted by Gasteiger charge is -2.17. The average Bonchev–Trinajstić information content (AvgIpc) is 2.52. The van der Waals surface area contributed by atoms with Crippen molar-refractivity contribution in [2.45, 2.75) is 19.3 Å². The van der Waals surface area contributed by atoms with Gasteiger partial charge in [0.05, 0.1) is 0 Å². The van der Waals surface area contributed by atoms with Crippen LogP contribution in [0, 0.1) is 0 Å². The molecule has 4 nitrogen and oxygen atoms in total. The fourth-order valence-corrected chi connectivity index (χ4v) is 2.15. The van der Waals surface area contributed by atoms with Gasteiger partial charge in [0.25, 0.3) is 0 Å². The molecule has 2 N–H and O–H groups in total. The Balaban J connectivity index is 0.00000242. The molecule has 0 unspecified atom stereocenters. The maximum atomic E-state index is 12.1. The van der Waals surface area contributed by atoms with Crippen LogP contribution < -0.4 is 5.73 Å². The monoisotopic (exact) mass is 319 g/mol. The van der Waals surface area contributed by atoms with E-state index in [1.54, 1.807) is 11.1 Å². The highest BCUT2D eigenvalue weighted by Gasteiger charge is 2.10. The van der Waals surface area contributed by atoms with E-state index in [1.807, 2.05) is 49.5 Å². The summed E-state index contributed by atoms with van der Waals surface area (Å²) in [5.74, 6) is 0.134. The lowest BCUT2D eigenvalue weighted by Crippen LogP contribution is -2.29. The Morgan fingerprint density at radius 2 is 1.86 bits per heavy atom. The Bertz CT molecular complexity index is 589. The van der Waals surface area contributed by atoms with Gasteiger partial charge in [0.2, 0.25) is 5.91 Å². The number of rotatable bonds is 6. The summed E-state index contributed by atoms with van der Waals surface area (Å²) in [5.41, 5.74) is 8.67. The van der Waals surface area contributed by atoms with Crippen LogP contribution in [0.2, 0.25) is 0 Å². The molecule has 0 aliphatic heterocycles. The van der Waals surface area contributed by atoms with Crippen molar-refractivity contribution in [3.8, 4) is 0 Å². The molecule has 118 valence electrons. The molecule has 5 heteroatoms. The molecule has 0 aliphatic rings.